The molecule has 1 saturated heterocycles. The van der Waals surface area contributed by atoms with Gasteiger partial charge in [0.05, 0.1) is 12.7 Å². The summed E-state index contributed by atoms with van der Waals surface area (Å²) in [6.45, 7) is 3.11. The minimum absolute atomic E-state index is 0.0635. The number of ether oxygens (including phenoxy) is 3. The Bertz CT molecular complexity index is 781. The van der Waals surface area contributed by atoms with Crippen molar-refractivity contribution < 1.29 is 23.4 Å². The van der Waals surface area contributed by atoms with Gasteiger partial charge in [-0.15, -0.1) is 0 Å². The van der Waals surface area contributed by atoms with Gasteiger partial charge in [-0.25, -0.2) is 9.37 Å². The van der Waals surface area contributed by atoms with Crippen molar-refractivity contribution in [2.24, 2.45) is 0 Å². The van der Waals surface area contributed by atoms with E-state index in [2.05, 4.69) is 10.3 Å². The third-order valence-corrected chi connectivity index (χ3v) is 4.49. The van der Waals surface area contributed by atoms with Crippen molar-refractivity contribution in [3.8, 4) is 11.6 Å². The molecule has 2 aromatic rings. The Hall–Kier alpha value is -2.51. The Kier molecular flexibility index (Phi) is 7.33. The van der Waals surface area contributed by atoms with Crippen LogP contribution in [0.4, 0.5) is 4.39 Å². The second kappa shape index (κ2) is 10.1. The fraction of sp³-hybridized carbons (Fsp3) is 0.429. The number of benzene rings is 1. The number of amides is 1. The normalized spacial score (nSPS) is 17.7. The molecule has 1 aliphatic heterocycles. The Morgan fingerprint density at radius 2 is 2.25 bits per heavy atom. The molecule has 1 aromatic carbocycles. The molecule has 6 nitrogen and oxygen atoms in total. The van der Waals surface area contributed by atoms with Gasteiger partial charge in [0.1, 0.15) is 17.7 Å². The molecule has 28 heavy (non-hydrogen) atoms. The van der Waals surface area contributed by atoms with Crippen LogP contribution in [-0.2, 0) is 20.8 Å². The Morgan fingerprint density at radius 1 is 1.36 bits per heavy atom. The summed E-state index contributed by atoms with van der Waals surface area (Å²) in [7, 11) is 0. The lowest BCUT2D eigenvalue weighted by atomic mass is 10.1. The fourth-order valence-corrected chi connectivity index (χ4v) is 2.88. The van der Waals surface area contributed by atoms with Crippen molar-refractivity contribution in [1.29, 1.82) is 0 Å². The van der Waals surface area contributed by atoms with Crippen LogP contribution in [0.3, 0.4) is 0 Å². The Balaban J connectivity index is 1.51. The van der Waals surface area contributed by atoms with Crippen molar-refractivity contribution in [2.45, 2.75) is 44.9 Å². The molecule has 1 amide bonds. The number of nitrogens with one attached hydrogen (secondary N) is 1. The summed E-state index contributed by atoms with van der Waals surface area (Å²) in [5, 5.41) is 2.83. The van der Waals surface area contributed by atoms with Crippen LogP contribution in [0.2, 0.25) is 0 Å². The van der Waals surface area contributed by atoms with Gasteiger partial charge in [-0.3, -0.25) is 4.79 Å². The maximum Gasteiger partial charge on any atom is 0.249 e. The van der Waals surface area contributed by atoms with E-state index in [1.54, 1.807) is 37.4 Å². The molecule has 0 bridgehead atoms. The molecular weight excluding hydrogens is 363 g/mol. The average Bonchev–Trinajstić information content (AvgIpc) is 2.72. The smallest absolute Gasteiger partial charge is 0.249 e. The molecule has 0 spiro atoms. The number of carbonyl (C=O) groups is 1. The molecule has 0 radical (unpaired) electrons. The standard InChI is InChI=1S/C21H25FN2O4/c1-15(27-14-19-8-2-3-11-26-19)20(25)24-13-16-6-5-10-23-21(16)28-18-9-4-7-17(22)12-18/h4-7,9-10,12,15,19H,2-3,8,11,13-14H2,1H3,(H,24,25). The van der Waals surface area contributed by atoms with E-state index >= 15 is 0 Å². The number of hydrogen-bond donors (Lipinski definition) is 1. The number of carbonyl (C=O) groups excluding carboxylic acids is 1. The summed E-state index contributed by atoms with van der Waals surface area (Å²) in [5.74, 6) is 0.0422. The zero-order chi connectivity index (χ0) is 19.8. The number of aromatic nitrogens is 1. The number of nitrogens with zero attached hydrogens (tertiary/aromatic N) is 1. The van der Waals surface area contributed by atoms with Gasteiger partial charge in [-0.2, -0.15) is 0 Å². The van der Waals surface area contributed by atoms with E-state index in [4.69, 9.17) is 14.2 Å². The van der Waals surface area contributed by atoms with Gasteiger partial charge in [0, 0.05) is 31.0 Å². The predicted molar refractivity (Wildman–Crippen MR) is 102 cm³/mol. The number of hydrogen-bond acceptors (Lipinski definition) is 5. The maximum atomic E-state index is 13.3. The van der Waals surface area contributed by atoms with Gasteiger partial charge < -0.3 is 19.5 Å². The van der Waals surface area contributed by atoms with Crippen molar-refractivity contribution in [2.75, 3.05) is 13.2 Å². The van der Waals surface area contributed by atoms with E-state index in [0.717, 1.165) is 25.9 Å². The average molecular weight is 388 g/mol. The van der Waals surface area contributed by atoms with Gasteiger partial charge in [0.25, 0.3) is 0 Å². The molecule has 0 saturated carbocycles. The molecule has 2 atom stereocenters. The van der Waals surface area contributed by atoms with Crippen LogP contribution in [0.25, 0.3) is 0 Å². The van der Waals surface area contributed by atoms with Crippen LogP contribution < -0.4 is 10.1 Å². The summed E-state index contributed by atoms with van der Waals surface area (Å²) < 4.78 is 30.3. The summed E-state index contributed by atoms with van der Waals surface area (Å²) in [4.78, 5) is 16.5. The van der Waals surface area contributed by atoms with Crippen LogP contribution >= 0.6 is 0 Å². The monoisotopic (exact) mass is 388 g/mol. The lowest BCUT2D eigenvalue weighted by Gasteiger charge is -2.24. The largest absolute Gasteiger partial charge is 0.439 e. The second-order valence-electron chi connectivity index (χ2n) is 6.71. The van der Waals surface area contributed by atoms with Gasteiger partial charge in [-0.1, -0.05) is 12.1 Å². The van der Waals surface area contributed by atoms with Gasteiger partial charge in [0.15, 0.2) is 0 Å². The zero-order valence-electron chi connectivity index (χ0n) is 15.9. The molecular formula is C21H25FN2O4. The minimum Gasteiger partial charge on any atom is -0.439 e. The quantitative estimate of drug-likeness (QED) is 0.748. The summed E-state index contributed by atoms with van der Waals surface area (Å²) in [6.07, 6.45) is 4.23. The van der Waals surface area contributed by atoms with Gasteiger partial charge in [0.2, 0.25) is 11.8 Å². The number of rotatable bonds is 8. The molecule has 7 heteroatoms. The van der Waals surface area contributed by atoms with Crippen LogP contribution in [0.5, 0.6) is 11.6 Å². The highest BCUT2D eigenvalue weighted by Crippen LogP contribution is 2.23. The molecule has 150 valence electrons. The van der Waals surface area contributed by atoms with Crippen molar-refractivity contribution in [3.63, 3.8) is 0 Å². The first-order valence-electron chi connectivity index (χ1n) is 9.50. The summed E-state index contributed by atoms with van der Waals surface area (Å²) in [5.41, 5.74) is 0.683. The summed E-state index contributed by atoms with van der Waals surface area (Å²) in [6, 6.07) is 9.36. The molecule has 1 N–H and O–H groups in total. The molecule has 1 aromatic heterocycles. The second-order valence-corrected chi connectivity index (χ2v) is 6.71. The predicted octanol–water partition coefficient (Wildman–Crippen LogP) is 3.60. The first-order chi connectivity index (χ1) is 13.6. The minimum atomic E-state index is -0.588. The zero-order valence-corrected chi connectivity index (χ0v) is 15.9. The van der Waals surface area contributed by atoms with Crippen LogP contribution in [0.1, 0.15) is 31.7 Å². The third kappa shape index (κ3) is 6.00. The van der Waals surface area contributed by atoms with E-state index in [0.29, 0.717) is 23.8 Å². The highest BCUT2D eigenvalue weighted by molar-refractivity contribution is 5.80. The number of halogens is 1. The first kappa shape index (κ1) is 20.2. The highest BCUT2D eigenvalue weighted by atomic mass is 19.1. The van der Waals surface area contributed by atoms with Crippen LogP contribution in [0, 0.1) is 5.82 Å². The van der Waals surface area contributed by atoms with E-state index < -0.39 is 11.9 Å². The van der Waals surface area contributed by atoms with E-state index in [9.17, 15) is 9.18 Å². The van der Waals surface area contributed by atoms with E-state index in [-0.39, 0.29) is 18.6 Å². The highest BCUT2D eigenvalue weighted by Gasteiger charge is 2.19. The van der Waals surface area contributed by atoms with Gasteiger partial charge >= 0.3 is 0 Å². The van der Waals surface area contributed by atoms with Crippen molar-refractivity contribution >= 4 is 5.91 Å². The third-order valence-electron chi connectivity index (χ3n) is 4.49. The molecule has 2 heterocycles. The van der Waals surface area contributed by atoms with Crippen LogP contribution in [-0.4, -0.2) is 36.3 Å². The SMILES string of the molecule is CC(OCC1CCCCO1)C(=O)NCc1cccnc1Oc1cccc(F)c1. The van der Waals surface area contributed by atoms with E-state index in [1.807, 2.05) is 0 Å². The topological polar surface area (TPSA) is 69.7 Å². The number of pyridine rings is 1. The molecule has 0 aliphatic carbocycles. The molecule has 1 aliphatic rings. The molecule has 2 unspecified atom stereocenters. The molecule has 3 rings (SSSR count). The van der Waals surface area contributed by atoms with E-state index in [1.165, 1.54) is 12.1 Å². The van der Waals surface area contributed by atoms with Gasteiger partial charge in [-0.05, 0) is 44.4 Å². The summed E-state index contributed by atoms with van der Waals surface area (Å²) >= 11 is 0. The first-order valence-corrected chi connectivity index (χ1v) is 9.50. The molecule has 1 fully saturated rings. The lowest BCUT2D eigenvalue weighted by molar-refractivity contribution is -0.135. The van der Waals surface area contributed by atoms with Crippen molar-refractivity contribution in [1.82, 2.24) is 10.3 Å². The Morgan fingerprint density at radius 3 is 3.04 bits per heavy atom. The Labute approximate surface area is 164 Å². The van der Waals surface area contributed by atoms with Crippen molar-refractivity contribution in [3.05, 3.63) is 54.0 Å². The maximum absolute atomic E-state index is 13.3. The lowest BCUT2D eigenvalue weighted by Crippen LogP contribution is -2.36. The van der Waals surface area contributed by atoms with Crippen LogP contribution in [0.15, 0.2) is 42.6 Å². The fourth-order valence-electron chi connectivity index (χ4n) is 2.88.